The molecule has 1 fully saturated rings. The number of pyridine rings is 1. The van der Waals surface area contributed by atoms with Crippen LogP contribution in [0.1, 0.15) is 18.9 Å². The number of nitrogens with zero attached hydrogens (tertiary/aromatic N) is 3. The average molecular weight is 298 g/mol. The molecule has 0 N–H and O–H groups in total. The van der Waals surface area contributed by atoms with Crippen molar-refractivity contribution in [1.29, 1.82) is 0 Å². The van der Waals surface area contributed by atoms with Crippen molar-refractivity contribution in [2.75, 3.05) is 32.7 Å². The van der Waals surface area contributed by atoms with E-state index in [1.165, 1.54) is 44.7 Å². The van der Waals surface area contributed by atoms with Crippen LogP contribution in [0.2, 0.25) is 0 Å². The summed E-state index contributed by atoms with van der Waals surface area (Å²) in [5.74, 6) is 0. The van der Waals surface area contributed by atoms with Crippen LogP contribution in [-0.2, 0) is 6.54 Å². The standard InChI is InChI=1S/C13H20BrN3/c1-2-5-16-6-8-17(9-7-16)11-12-3-4-13(14)15-10-12/h3-4,10H,2,5-9,11H2,1H3. The summed E-state index contributed by atoms with van der Waals surface area (Å²) in [6.45, 7) is 9.29. The molecule has 0 bridgehead atoms. The average Bonchev–Trinajstić information content (AvgIpc) is 2.35. The first-order valence-electron chi connectivity index (χ1n) is 6.33. The van der Waals surface area contributed by atoms with E-state index < -0.39 is 0 Å². The molecule has 0 spiro atoms. The van der Waals surface area contributed by atoms with Gasteiger partial charge in [0.25, 0.3) is 0 Å². The summed E-state index contributed by atoms with van der Waals surface area (Å²) >= 11 is 3.36. The Kier molecular flexibility index (Phi) is 4.95. The van der Waals surface area contributed by atoms with Gasteiger partial charge in [0.2, 0.25) is 0 Å². The molecule has 0 amide bonds. The van der Waals surface area contributed by atoms with E-state index in [1.54, 1.807) is 0 Å². The van der Waals surface area contributed by atoms with Gasteiger partial charge in [0.15, 0.2) is 0 Å². The Morgan fingerprint density at radius 2 is 1.88 bits per heavy atom. The third kappa shape index (κ3) is 4.05. The fourth-order valence-electron chi connectivity index (χ4n) is 2.25. The smallest absolute Gasteiger partial charge is 0.106 e. The minimum atomic E-state index is 0.911. The highest BCUT2D eigenvalue weighted by molar-refractivity contribution is 9.10. The lowest BCUT2D eigenvalue weighted by Crippen LogP contribution is -2.45. The van der Waals surface area contributed by atoms with Crippen molar-refractivity contribution < 1.29 is 0 Å². The number of aromatic nitrogens is 1. The second-order valence-electron chi connectivity index (χ2n) is 4.61. The van der Waals surface area contributed by atoms with Crippen molar-refractivity contribution in [3.63, 3.8) is 0 Å². The molecule has 1 aliphatic rings. The Bertz CT molecular complexity index is 331. The van der Waals surface area contributed by atoms with Gasteiger partial charge in [-0.2, -0.15) is 0 Å². The Morgan fingerprint density at radius 3 is 2.47 bits per heavy atom. The van der Waals surface area contributed by atoms with Gasteiger partial charge in [0.1, 0.15) is 4.60 Å². The molecule has 94 valence electrons. The second kappa shape index (κ2) is 6.47. The SMILES string of the molecule is CCCN1CCN(Cc2ccc(Br)nc2)CC1. The van der Waals surface area contributed by atoms with Crippen molar-refractivity contribution >= 4 is 15.9 Å². The molecule has 3 nitrogen and oxygen atoms in total. The van der Waals surface area contributed by atoms with Crippen LogP contribution in [0.5, 0.6) is 0 Å². The molecular formula is C13H20BrN3. The lowest BCUT2D eigenvalue weighted by Gasteiger charge is -2.34. The molecule has 1 aromatic rings. The zero-order valence-electron chi connectivity index (χ0n) is 10.4. The van der Waals surface area contributed by atoms with Gasteiger partial charge in [-0.15, -0.1) is 0 Å². The van der Waals surface area contributed by atoms with Crippen molar-refractivity contribution in [2.24, 2.45) is 0 Å². The molecule has 0 aliphatic carbocycles. The Morgan fingerprint density at radius 1 is 1.18 bits per heavy atom. The fourth-order valence-corrected chi connectivity index (χ4v) is 2.48. The van der Waals surface area contributed by atoms with Gasteiger partial charge < -0.3 is 4.90 Å². The van der Waals surface area contributed by atoms with Crippen LogP contribution in [0.3, 0.4) is 0 Å². The van der Waals surface area contributed by atoms with E-state index in [1.807, 2.05) is 12.3 Å². The summed E-state index contributed by atoms with van der Waals surface area (Å²) in [5, 5.41) is 0. The van der Waals surface area contributed by atoms with Crippen LogP contribution >= 0.6 is 15.9 Å². The number of rotatable bonds is 4. The van der Waals surface area contributed by atoms with E-state index in [-0.39, 0.29) is 0 Å². The maximum atomic E-state index is 4.27. The highest BCUT2D eigenvalue weighted by Gasteiger charge is 2.15. The van der Waals surface area contributed by atoms with E-state index >= 15 is 0 Å². The lowest BCUT2D eigenvalue weighted by atomic mass is 10.2. The first kappa shape index (κ1) is 13.0. The molecule has 0 atom stereocenters. The van der Waals surface area contributed by atoms with E-state index in [9.17, 15) is 0 Å². The predicted molar refractivity (Wildman–Crippen MR) is 73.9 cm³/mol. The van der Waals surface area contributed by atoms with E-state index in [4.69, 9.17) is 0 Å². The maximum Gasteiger partial charge on any atom is 0.106 e. The van der Waals surface area contributed by atoms with Gasteiger partial charge >= 0.3 is 0 Å². The molecule has 0 unspecified atom stereocenters. The first-order valence-corrected chi connectivity index (χ1v) is 7.12. The normalized spacial score (nSPS) is 18.5. The quantitative estimate of drug-likeness (QED) is 0.796. The minimum Gasteiger partial charge on any atom is -0.301 e. The van der Waals surface area contributed by atoms with E-state index in [0.29, 0.717) is 0 Å². The summed E-state index contributed by atoms with van der Waals surface area (Å²) in [7, 11) is 0. The third-order valence-electron chi connectivity index (χ3n) is 3.20. The second-order valence-corrected chi connectivity index (χ2v) is 5.42. The van der Waals surface area contributed by atoms with Gasteiger partial charge in [-0.25, -0.2) is 4.98 Å². The minimum absolute atomic E-state index is 0.911. The number of halogens is 1. The molecule has 0 saturated carbocycles. The molecule has 17 heavy (non-hydrogen) atoms. The monoisotopic (exact) mass is 297 g/mol. The Balaban J connectivity index is 1.79. The largest absolute Gasteiger partial charge is 0.301 e. The summed E-state index contributed by atoms with van der Waals surface area (Å²) in [6, 6.07) is 4.16. The first-order chi connectivity index (χ1) is 8.28. The number of piperazine rings is 1. The van der Waals surface area contributed by atoms with Gasteiger partial charge in [-0.1, -0.05) is 13.0 Å². The van der Waals surface area contributed by atoms with E-state index in [0.717, 1.165) is 11.1 Å². The van der Waals surface area contributed by atoms with E-state index in [2.05, 4.69) is 43.7 Å². The summed E-state index contributed by atoms with van der Waals surface area (Å²) in [5.41, 5.74) is 1.30. The molecule has 2 heterocycles. The van der Waals surface area contributed by atoms with Crippen LogP contribution in [0.25, 0.3) is 0 Å². The highest BCUT2D eigenvalue weighted by atomic mass is 79.9. The van der Waals surface area contributed by atoms with Crippen molar-refractivity contribution in [3.05, 3.63) is 28.5 Å². The predicted octanol–water partition coefficient (Wildman–Crippen LogP) is 2.37. The van der Waals surface area contributed by atoms with Crippen molar-refractivity contribution in [2.45, 2.75) is 19.9 Å². The molecule has 0 radical (unpaired) electrons. The van der Waals surface area contributed by atoms with Crippen LogP contribution in [-0.4, -0.2) is 47.5 Å². The molecule has 0 aromatic carbocycles. The zero-order chi connectivity index (χ0) is 12.1. The van der Waals surface area contributed by atoms with Crippen molar-refractivity contribution in [3.8, 4) is 0 Å². The Labute approximate surface area is 112 Å². The van der Waals surface area contributed by atoms with Gasteiger partial charge in [-0.3, -0.25) is 4.90 Å². The molecule has 4 heteroatoms. The molecular weight excluding hydrogens is 278 g/mol. The van der Waals surface area contributed by atoms with Crippen LogP contribution < -0.4 is 0 Å². The number of hydrogen-bond donors (Lipinski definition) is 0. The summed E-state index contributed by atoms with van der Waals surface area (Å²) < 4.78 is 0.911. The molecule has 1 aliphatic heterocycles. The van der Waals surface area contributed by atoms with Crippen LogP contribution in [0.4, 0.5) is 0 Å². The Hall–Kier alpha value is -0.450. The van der Waals surface area contributed by atoms with Gasteiger partial charge in [-0.05, 0) is 40.5 Å². The van der Waals surface area contributed by atoms with Crippen LogP contribution in [0, 0.1) is 0 Å². The lowest BCUT2D eigenvalue weighted by molar-refractivity contribution is 0.127. The van der Waals surface area contributed by atoms with Gasteiger partial charge in [0, 0.05) is 38.9 Å². The third-order valence-corrected chi connectivity index (χ3v) is 3.67. The van der Waals surface area contributed by atoms with Crippen molar-refractivity contribution in [1.82, 2.24) is 14.8 Å². The highest BCUT2D eigenvalue weighted by Crippen LogP contribution is 2.10. The van der Waals surface area contributed by atoms with Gasteiger partial charge in [0.05, 0.1) is 0 Å². The van der Waals surface area contributed by atoms with Crippen LogP contribution in [0.15, 0.2) is 22.9 Å². The summed E-state index contributed by atoms with van der Waals surface area (Å²) in [4.78, 5) is 9.33. The number of hydrogen-bond acceptors (Lipinski definition) is 3. The summed E-state index contributed by atoms with van der Waals surface area (Å²) in [6.07, 6.45) is 3.22. The molecule has 2 rings (SSSR count). The fraction of sp³-hybridized carbons (Fsp3) is 0.615. The maximum absolute atomic E-state index is 4.27. The molecule has 1 aromatic heterocycles. The molecule has 1 saturated heterocycles. The topological polar surface area (TPSA) is 19.4 Å². The zero-order valence-corrected chi connectivity index (χ0v) is 12.0.